The molecule has 0 spiro atoms. The number of allylic oxidation sites excluding steroid dienone is 6. The van der Waals surface area contributed by atoms with Crippen LogP contribution in [0.15, 0.2) is 58.2 Å². The number of methoxy groups -OCH3 is 2. The van der Waals surface area contributed by atoms with Crippen LogP contribution < -0.4 is 5.73 Å². The van der Waals surface area contributed by atoms with Crippen molar-refractivity contribution in [2.75, 3.05) is 27.4 Å². The SMILES string of the molecule is CC/C(=C/N)CC(COC)/C(O)=C/CC1=CC(C)=CCC(COC)=C1O. The molecule has 0 fully saturated rings. The summed E-state index contributed by atoms with van der Waals surface area (Å²) in [7, 11) is 3.23. The van der Waals surface area contributed by atoms with Gasteiger partial charge >= 0.3 is 0 Å². The summed E-state index contributed by atoms with van der Waals surface area (Å²) in [5, 5.41) is 21.1. The van der Waals surface area contributed by atoms with Crippen molar-refractivity contribution in [1.29, 1.82) is 0 Å². The van der Waals surface area contributed by atoms with Crippen LogP contribution in [0.3, 0.4) is 0 Å². The minimum Gasteiger partial charge on any atom is -0.512 e. The Bertz CT molecular complexity index is 612. The van der Waals surface area contributed by atoms with Gasteiger partial charge in [0.2, 0.25) is 0 Å². The van der Waals surface area contributed by atoms with Gasteiger partial charge in [0, 0.05) is 25.7 Å². The van der Waals surface area contributed by atoms with Crippen molar-refractivity contribution < 1.29 is 19.7 Å². The van der Waals surface area contributed by atoms with E-state index in [9.17, 15) is 10.2 Å². The topological polar surface area (TPSA) is 84.9 Å². The second-order valence-corrected chi connectivity index (χ2v) is 6.57. The van der Waals surface area contributed by atoms with Gasteiger partial charge in [-0.15, -0.1) is 0 Å². The van der Waals surface area contributed by atoms with E-state index in [1.165, 1.54) is 0 Å². The van der Waals surface area contributed by atoms with Gasteiger partial charge in [0.1, 0.15) is 5.76 Å². The zero-order chi connectivity index (χ0) is 19.5. The molecule has 146 valence electrons. The Morgan fingerprint density at radius 1 is 1.35 bits per heavy atom. The molecule has 1 aliphatic carbocycles. The summed E-state index contributed by atoms with van der Waals surface area (Å²) in [6, 6.07) is 0. The monoisotopic (exact) mass is 363 g/mol. The molecule has 1 rings (SSSR count). The van der Waals surface area contributed by atoms with Gasteiger partial charge in [-0.2, -0.15) is 0 Å². The molecule has 0 aliphatic heterocycles. The molecule has 0 radical (unpaired) electrons. The van der Waals surface area contributed by atoms with Crippen LogP contribution in [0.4, 0.5) is 0 Å². The van der Waals surface area contributed by atoms with E-state index in [0.717, 1.165) is 28.7 Å². The molecule has 26 heavy (non-hydrogen) atoms. The number of rotatable bonds is 10. The second-order valence-electron chi connectivity index (χ2n) is 6.57. The van der Waals surface area contributed by atoms with Crippen molar-refractivity contribution in [2.24, 2.45) is 11.7 Å². The van der Waals surface area contributed by atoms with Gasteiger partial charge in [0.25, 0.3) is 0 Å². The van der Waals surface area contributed by atoms with Gasteiger partial charge in [0.15, 0.2) is 0 Å². The highest BCUT2D eigenvalue weighted by molar-refractivity contribution is 5.41. The van der Waals surface area contributed by atoms with Crippen molar-refractivity contribution in [1.82, 2.24) is 0 Å². The highest BCUT2D eigenvalue weighted by Crippen LogP contribution is 2.27. The largest absolute Gasteiger partial charge is 0.512 e. The highest BCUT2D eigenvalue weighted by Gasteiger charge is 2.17. The van der Waals surface area contributed by atoms with Crippen LogP contribution >= 0.6 is 0 Å². The van der Waals surface area contributed by atoms with Crippen LogP contribution in [-0.2, 0) is 9.47 Å². The van der Waals surface area contributed by atoms with Crippen molar-refractivity contribution in [3.8, 4) is 0 Å². The maximum absolute atomic E-state index is 10.6. The van der Waals surface area contributed by atoms with E-state index < -0.39 is 0 Å². The molecule has 0 aromatic rings. The number of nitrogens with two attached hydrogens (primary N) is 1. The van der Waals surface area contributed by atoms with Gasteiger partial charge in [-0.1, -0.05) is 30.2 Å². The third-order valence-electron chi connectivity index (χ3n) is 4.55. The summed E-state index contributed by atoms with van der Waals surface area (Å²) < 4.78 is 10.4. The smallest absolute Gasteiger partial charge is 0.120 e. The quantitative estimate of drug-likeness (QED) is 0.499. The lowest BCUT2D eigenvalue weighted by atomic mass is 9.95. The summed E-state index contributed by atoms with van der Waals surface area (Å²) in [4.78, 5) is 0. The summed E-state index contributed by atoms with van der Waals surface area (Å²) >= 11 is 0. The number of ether oxygens (including phenoxy) is 2. The summed E-state index contributed by atoms with van der Waals surface area (Å²) in [6.07, 6.45) is 9.94. The second kappa shape index (κ2) is 11.6. The zero-order valence-corrected chi connectivity index (χ0v) is 16.4. The normalized spacial score (nSPS) is 17.7. The molecule has 0 amide bonds. The highest BCUT2D eigenvalue weighted by atomic mass is 16.5. The predicted octanol–water partition coefficient (Wildman–Crippen LogP) is 4.46. The van der Waals surface area contributed by atoms with Gasteiger partial charge in [-0.25, -0.2) is 0 Å². The lowest BCUT2D eigenvalue weighted by molar-refractivity contribution is 0.143. The van der Waals surface area contributed by atoms with E-state index in [1.54, 1.807) is 26.5 Å². The van der Waals surface area contributed by atoms with E-state index in [-0.39, 0.29) is 17.4 Å². The first kappa shape index (κ1) is 22.1. The van der Waals surface area contributed by atoms with Crippen molar-refractivity contribution >= 4 is 0 Å². The third-order valence-corrected chi connectivity index (χ3v) is 4.55. The van der Waals surface area contributed by atoms with Crippen LogP contribution in [0.1, 0.15) is 39.5 Å². The summed E-state index contributed by atoms with van der Waals surface area (Å²) in [6.45, 7) is 4.83. The molecule has 1 atom stereocenters. The molecular weight excluding hydrogens is 330 g/mol. The van der Waals surface area contributed by atoms with Crippen LogP contribution in [0.25, 0.3) is 0 Å². The third kappa shape index (κ3) is 6.73. The predicted molar refractivity (Wildman–Crippen MR) is 106 cm³/mol. The molecule has 5 nitrogen and oxygen atoms in total. The Morgan fingerprint density at radius 3 is 2.65 bits per heavy atom. The number of aliphatic hydroxyl groups is 2. The molecule has 0 aromatic heterocycles. The van der Waals surface area contributed by atoms with E-state index in [4.69, 9.17) is 15.2 Å². The van der Waals surface area contributed by atoms with E-state index in [0.29, 0.717) is 32.5 Å². The first-order valence-corrected chi connectivity index (χ1v) is 9.01. The molecular formula is C21H33NO4. The Balaban J connectivity index is 2.99. The van der Waals surface area contributed by atoms with E-state index in [2.05, 4.69) is 6.08 Å². The van der Waals surface area contributed by atoms with Crippen molar-refractivity contribution in [2.45, 2.75) is 39.5 Å². The lowest BCUT2D eigenvalue weighted by Gasteiger charge is -2.17. The van der Waals surface area contributed by atoms with Crippen LogP contribution in [0.2, 0.25) is 0 Å². The number of aliphatic hydroxyl groups excluding tert-OH is 2. The minimum atomic E-state index is -0.151. The standard InChI is InChI=1S/C21H33NO4/c1-5-16(12-22)11-19(14-26-4)20(23)9-8-17-10-15(2)6-7-18(13-25-3)21(17)24/h6,9-10,12,19,23-24H,5,7-8,11,13-14,22H2,1-4H3/b16-12-,20-9-. The molecule has 0 bridgehead atoms. The summed E-state index contributed by atoms with van der Waals surface area (Å²) in [5.41, 5.74) is 9.42. The fourth-order valence-electron chi connectivity index (χ4n) is 2.95. The van der Waals surface area contributed by atoms with Gasteiger partial charge in [-0.05, 0) is 50.5 Å². The van der Waals surface area contributed by atoms with Gasteiger partial charge < -0.3 is 25.4 Å². The Hall–Kier alpha value is -1.98. The van der Waals surface area contributed by atoms with Gasteiger partial charge in [-0.3, -0.25) is 0 Å². The maximum atomic E-state index is 10.6. The Labute approximate surface area is 157 Å². The van der Waals surface area contributed by atoms with E-state index >= 15 is 0 Å². The fourth-order valence-corrected chi connectivity index (χ4v) is 2.95. The van der Waals surface area contributed by atoms with Gasteiger partial charge in [0.05, 0.1) is 19.0 Å². The molecule has 1 unspecified atom stereocenters. The molecule has 1 aliphatic rings. The first-order chi connectivity index (χ1) is 12.5. The molecule has 0 saturated carbocycles. The Morgan fingerprint density at radius 2 is 2.08 bits per heavy atom. The average molecular weight is 363 g/mol. The first-order valence-electron chi connectivity index (χ1n) is 9.01. The molecule has 0 saturated heterocycles. The number of hydrogen-bond acceptors (Lipinski definition) is 5. The molecule has 0 aromatic carbocycles. The lowest BCUT2D eigenvalue weighted by Crippen LogP contribution is -2.13. The fraction of sp³-hybridized carbons (Fsp3) is 0.524. The zero-order valence-electron chi connectivity index (χ0n) is 16.4. The molecule has 0 heterocycles. The van der Waals surface area contributed by atoms with Crippen molar-refractivity contribution in [3.63, 3.8) is 0 Å². The van der Waals surface area contributed by atoms with Crippen LogP contribution in [-0.4, -0.2) is 37.6 Å². The average Bonchev–Trinajstić information content (AvgIpc) is 2.76. The van der Waals surface area contributed by atoms with Crippen LogP contribution in [0, 0.1) is 5.92 Å². The molecule has 5 heteroatoms. The summed E-state index contributed by atoms with van der Waals surface area (Å²) in [5.74, 6) is 0.359. The number of hydrogen-bond donors (Lipinski definition) is 3. The maximum Gasteiger partial charge on any atom is 0.120 e. The van der Waals surface area contributed by atoms with E-state index in [1.807, 2.05) is 19.9 Å². The van der Waals surface area contributed by atoms with Crippen molar-refractivity contribution in [3.05, 3.63) is 58.2 Å². The van der Waals surface area contributed by atoms with Crippen LogP contribution in [0.5, 0.6) is 0 Å². The Kier molecular flexibility index (Phi) is 9.84. The minimum absolute atomic E-state index is 0.151. The molecule has 4 N–H and O–H groups in total.